The van der Waals surface area contributed by atoms with Gasteiger partial charge in [-0.3, -0.25) is 9.10 Å². The minimum atomic E-state index is -3.69. The molecule has 1 amide bonds. The number of methoxy groups -OCH3 is 1. The van der Waals surface area contributed by atoms with E-state index < -0.39 is 16.1 Å². The van der Waals surface area contributed by atoms with Crippen LogP contribution >= 0.6 is 0 Å². The van der Waals surface area contributed by atoms with Gasteiger partial charge in [0, 0.05) is 11.8 Å². The summed E-state index contributed by atoms with van der Waals surface area (Å²) in [6.07, 6.45) is 2.63. The second-order valence-electron chi connectivity index (χ2n) is 6.58. The van der Waals surface area contributed by atoms with Crippen LogP contribution in [0, 0.1) is 0 Å². The lowest BCUT2D eigenvalue weighted by atomic mass is 10.0. The molecule has 0 radical (unpaired) electrons. The minimum absolute atomic E-state index is 0.379. The van der Waals surface area contributed by atoms with Crippen LogP contribution in [0.25, 0.3) is 0 Å². The van der Waals surface area contributed by atoms with E-state index in [0.717, 1.165) is 40.2 Å². The van der Waals surface area contributed by atoms with Crippen molar-refractivity contribution in [3.8, 4) is 5.75 Å². The first kappa shape index (κ1) is 21.8. The molecule has 2 rings (SSSR count). The Hall–Kier alpha value is -2.54. The molecule has 6 nitrogen and oxygen atoms in total. The maximum absolute atomic E-state index is 13.0. The van der Waals surface area contributed by atoms with E-state index >= 15 is 0 Å². The van der Waals surface area contributed by atoms with Crippen molar-refractivity contribution in [1.82, 2.24) is 0 Å². The van der Waals surface area contributed by atoms with Crippen LogP contribution in [0.5, 0.6) is 5.75 Å². The summed E-state index contributed by atoms with van der Waals surface area (Å²) >= 11 is 0. The second-order valence-corrected chi connectivity index (χ2v) is 8.44. The standard InChI is InChI=1S/C21H28N2O4S/c1-6-16-10-8-11-17(7-2)20(16)22-21(24)15(3)23(28(5,25)26)18-12-9-13-19(14-18)27-4/h8-15H,6-7H2,1-5H3,(H,22,24). The molecule has 28 heavy (non-hydrogen) atoms. The Labute approximate surface area is 167 Å². The third-order valence-corrected chi connectivity index (χ3v) is 5.88. The summed E-state index contributed by atoms with van der Waals surface area (Å²) in [5, 5.41) is 2.96. The molecular weight excluding hydrogens is 376 g/mol. The quantitative estimate of drug-likeness (QED) is 0.729. The van der Waals surface area contributed by atoms with Gasteiger partial charge in [-0.25, -0.2) is 8.42 Å². The number of ether oxygens (including phenoxy) is 1. The number of rotatable bonds is 8. The maximum Gasteiger partial charge on any atom is 0.248 e. The molecule has 0 spiro atoms. The fourth-order valence-electron chi connectivity index (χ4n) is 3.19. The van der Waals surface area contributed by atoms with Crippen LogP contribution in [-0.4, -0.2) is 33.7 Å². The Balaban J connectivity index is 2.41. The lowest BCUT2D eigenvalue weighted by Crippen LogP contribution is -2.45. The highest BCUT2D eigenvalue weighted by molar-refractivity contribution is 7.92. The van der Waals surface area contributed by atoms with Gasteiger partial charge in [-0.15, -0.1) is 0 Å². The fourth-order valence-corrected chi connectivity index (χ4v) is 4.35. The van der Waals surface area contributed by atoms with E-state index in [0.29, 0.717) is 11.4 Å². The summed E-state index contributed by atoms with van der Waals surface area (Å²) in [6, 6.07) is 11.6. The molecule has 0 saturated heterocycles. The topological polar surface area (TPSA) is 75.7 Å². The summed E-state index contributed by atoms with van der Waals surface area (Å²) in [6.45, 7) is 5.62. The van der Waals surface area contributed by atoms with E-state index in [1.165, 1.54) is 7.11 Å². The normalized spacial score (nSPS) is 12.3. The lowest BCUT2D eigenvalue weighted by Gasteiger charge is -2.29. The Morgan fingerprint density at radius 2 is 1.68 bits per heavy atom. The molecule has 2 aromatic carbocycles. The van der Waals surface area contributed by atoms with Crippen LogP contribution in [0.15, 0.2) is 42.5 Å². The van der Waals surface area contributed by atoms with Gasteiger partial charge in [-0.1, -0.05) is 38.1 Å². The average Bonchev–Trinajstić information content (AvgIpc) is 2.67. The highest BCUT2D eigenvalue weighted by atomic mass is 32.2. The third kappa shape index (κ3) is 4.84. The molecular formula is C21H28N2O4S. The van der Waals surface area contributed by atoms with Crippen LogP contribution in [0.4, 0.5) is 11.4 Å². The molecule has 0 aliphatic carbocycles. The van der Waals surface area contributed by atoms with E-state index in [1.807, 2.05) is 32.0 Å². The number of aryl methyl sites for hydroxylation is 2. The number of hydrogen-bond donors (Lipinski definition) is 1. The van der Waals surface area contributed by atoms with Gasteiger partial charge in [0.15, 0.2) is 0 Å². The van der Waals surface area contributed by atoms with Crippen molar-refractivity contribution in [2.24, 2.45) is 0 Å². The molecule has 1 N–H and O–H groups in total. The van der Waals surface area contributed by atoms with Crippen molar-refractivity contribution in [3.05, 3.63) is 53.6 Å². The number of benzene rings is 2. The van der Waals surface area contributed by atoms with Crippen LogP contribution in [0.2, 0.25) is 0 Å². The van der Waals surface area contributed by atoms with Gasteiger partial charge in [0.05, 0.1) is 19.1 Å². The number of carbonyl (C=O) groups excluding carboxylic acids is 1. The van der Waals surface area contributed by atoms with Crippen molar-refractivity contribution in [3.63, 3.8) is 0 Å². The zero-order chi connectivity index (χ0) is 20.9. The number of nitrogens with zero attached hydrogens (tertiary/aromatic N) is 1. The first-order valence-electron chi connectivity index (χ1n) is 9.28. The number of para-hydroxylation sites is 1. The highest BCUT2D eigenvalue weighted by Gasteiger charge is 2.30. The zero-order valence-electron chi connectivity index (χ0n) is 17.0. The largest absolute Gasteiger partial charge is 0.497 e. The van der Waals surface area contributed by atoms with Gasteiger partial charge < -0.3 is 10.1 Å². The monoisotopic (exact) mass is 404 g/mol. The molecule has 2 aromatic rings. The van der Waals surface area contributed by atoms with Crippen molar-refractivity contribution >= 4 is 27.3 Å². The van der Waals surface area contributed by atoms with E-state index in [4.69, 9.17) is 4.74 Å². The molecule has 0 fully saturated rings. The van der Waals surface area contributed by atoms with Crippen molar-refractivity contribution in [2.45, 2.75) is 39.7 Å². The smallest absolute Gasteiger partial charge is 0.248 e. The molecule has 0 aliphatic heterocycles. The SMILES string of the molecule is CCc1cccc(CC)c1NC(=O)C(C)N(c1cccc(OC)c1)S(C)(=O)=O. The van der Waals surface area contributed by atoms with Gasteiger partial charge in [0.2, 0.25) is 15.9 Å². The summed E-state index contributed by atoms with van der Waals surface area (Å²) < 4.78 is 31.3. The van der Waals surface area contributed by atoms with Crippen molar-refractivity contribution < 1.29 is 17.9 Å². The fraction of sp³-hybridized carbons (Fsp3) is 0.381. The zero-order valence-corrected chi connectivity index (χ0v) is 17.8. The van der Waals surface area contributed by atoms with E-state index in [-0.39, 0.29) is 5.91 Å². The average molecular weight is 405 g/mol. The summed E-state index contributed by atoms with van der Waals surface area (Å²) in [5.41, 5.74) is 3.19. The number of amides is 1. The van der Waals surface area contributed by atoms with Gasteiger partial charge in [0.1, 0.15) is 11.8 Å². The van der Waals surface area contributed by atoms with Crippen LogP contribution in [0.1, 0.15) is 31.9 Å². The molecule has 1 atom stereocenters. The second kappa shape index (κ2) is 9.10. The first-order chi connectivity index (χ1) is 13.2. The third-order valence-electron chi connectivity index (χ3n) is 4.64. The molecule has 1 unspecified atom stereocenters. The molecule has 0 bridgehead atoms. The van der Waals surface area contributed by atoms with Gasteiger partial charge >= 0.3 is 0 Å². The lowest BCUT2D eigenvalue weighted by molar-refractivity contribution is -0.116. The Morgan fingerprint density at radius 1 is 1.11 bits per heavy atom. The molecule has 152 valence electrons. The molecule has 0 saturated carbocycles. The van der Waals surface area contributed by atoms with E-state index in [1.54, 1.807) is 31.2 Å². The van der Waals surface area contributed by atoms with E-state index in [9.17, 15) is 13.2 Å². The van der Waals surface area contributed by atoms with Crippen molar-refractivity contribution in [2.75, 3.05) is 23.0 Å². The van der Waals surface area contributed by atoms with Gasteiger partial charge in [0.25, 0.3) is 0 Å². The Morgan fingerprint density at radius 3 is 2.18 bits per heavy atom. The van der Waals surface area contributed by atoms with E-state index in [2.05, 4.69) is 5.32 Å². The molecule has 7 heteroatoms. The first-order valence-corrected chi connectivity index (χ1v) is 11.1. The number of carbonyl (C=O) groups is 1. The summed E-state index contributed by atoms with van der Waals surface area (Å²) in [7, 11) is -2.19. The van der Waals surface area contributed by atoms with Crippen LogP contribution < -0.4 is 14.4 Å². The van der Waals surface area contributed by atoms with Gasteiger partial charge in [-0.2, -0.15) is 0 Å². The number of nitrogens with one attached hydrogen (secondary N) is 1. The Kier molecular flexibility index (Phi) is 7.07. The number of hydrogen-bond acceptors (Lipinski definition) is 4. The van der Waals surface area contributed by atoms with Crippen LogP contribution in [-0.2, 0) is 27.7 Å². The predicted molar refractivity (Wildman–Crippen MR) is 114 cm³/mol. The number of sulfonamides is 1. The maximum atomic E-state index is 13.0. The van der Waals surface area contributed by atoms with Gasteiger partial charge in [-0.05, 0) is 43.0 Å². The molecule has 0 aromatic heterocycles. The highest BCUT2D eigenvalue weighted by Crippen LogP contribution is 2.27. The molecule has 0 heterocycles. The Bertz CT molecular complexity index is 919. The predicted octanol–water partition coefficient (Wildman–Crippen LogP) is 3.61. The summed E-state index contributed by atoms with van der Waals surface area (Å²) in [5.74, 6) is 0.132. The van der Waals surface area contributed by atoms with Crippen molar-refractivity contribution in [1.29, 1.82) is 0 Å². The van der Waals surface area contributed by atoms with Crippen LogP contribution in [0.3, 0.4) is 0 Å². The summed E-state index contributed by atoms with van der Waals surface area (Å²) in [4.78, 5) is 13.0. The number of anilines is 2. The minimum Gasteiger partial charge on any atom is -0.497 e. The molecule has 0 aliphatic rings.